The first kappa shape index (κ1) is 19.9. The molecule has 24 heavy (non-hydrogen) atoms. The number of nitrogens with two attached hydrogens (primary N) is 1. The zero-order chi connectivity index (χ0) is 18.3. The van der Waals surface area contributed by atoms with E-state index >= 15 is 0 Å². The summed E-state index contributed by atoms with van der Waals surface area (Å²) in [6.45, 7) is 4.04. The van der Waals surface area contributed by atoms with Crippen molar-refractivity contribution in [3.63, 3.8) is 0 Å². The molecule has 1 rings (SSSR count). The van der Waals surface area contributed by atoms with Crippen LogP contribution in [0.25, 0.3) is 0 Å². The zero-order valence-corrected chi connectivity index (χ0v) is 14.7. The predicted molar refractivity (Wildman–Crippen MR) is 88.4 cm³/mol. The molecule has 0 spiro atoms. The van der Waals surface area contributed by atoms with Crippen LogP contribution in [0.5, 0.6) is 0 Å². The second kappa shape index (κ2) is 8.65. The Labute approximate surface area is 141 Å². The number of sulfonamides is 1. The molecule has 1 atom stereocenters. The van der Waals surface area contributed by atoms with Crippen LogP contribution in [0.15, 0.2) is 29.2 Å². The molecule has 0 saturated carbocycles. The van der Waals surface area contributed by atoms with E-state index < -0.39 is 28.1 Å². The number of carbonyl (C=O) groups excluding carboxylic acids is 2. The van der Waals surface area contributed by atoms with Crippen molar-refractivity contribution in [3.05, 3.63) is 29.8 Å². The lowest BCUT2D eigenvalue weighted by atomic mass is 10.0. The third kappa shape index (κ3) is 6.55. The maximum atomic E-state index is 11.9. The largest absolute Gasteiger partial charge is 0.467 e. The van der Waals surface area contributed by atoms with Crippen molar-refractivity contribution in [1.82, 2.24) is 10.6 Å². The van der Waals surface area contributed by atoms with Gasteiger partial charge in [0.2, 0.25) is 10.0 Å². The Morgan fingerprint density at radius 2 is 1.79 bits per heavy atom. The fourth-order valence-corrected chi connectivity index (χ4v) is 2.53. The van der Waals surface area contributed by atoms with Gasteiger partial charge in [-0.15, -0.1) is 0 Å². The first-order chi connectivity index (χ1) is 11.1. The van der Waals surface area contributed by atoms with Gasteiger partial charge < -0.3 is 15.4 Å². The van der Waals surface area contributed by atoms with Crippen molar-refractivity contribution in [2.24, 2.45) is 11.1 Å². The molecule has 134 valence electrons. The van der Waals surface area contributed by atoms with Gasteiger partial charge >= 0.3 is 12.0 Å². The number of benzene rings is 1. The van der Waals surface area contributed by atoms with Crippen molar-refractivity contribution < 1.29 is 22.7 Å². The van der Waals surface area contributed by atoms with Crippen LogP contribution in [0.3, 0.4) is 0 Å². The number of methoxy groups -OCH3 is 1. The SMILES string of the molecule is COC(=O)[C@H](CC(C)C)NC(=O)NCc1ccc(S(N)(=O)=O)cc1. The number of ether oxygens (including phenoxy) is 1. The van der Waals surface area contributed by atoms with Crippen LogP contribution in [-0.4, -0.2) is 33.6 Å². The number of rotatable bonds is 7. The molecular weight excluding hydrogens is 334 g/mol. The Morgan fingerprint density at radius 3 is 2.25 bits per heavy atom. The lowest BCUT2D eigenvalue weighted by Crippen LogP contribution is -2.46. The number of nitrogens with one attached hydrogen (secondary N) is 2. The highest BCUT2D eigenvalue weighted by Gasteiger charge is 2.22. The van der Waals surface area contributed by atoms with Crippen molar-refractivity contribution in [2.75, 3.05) is 7.11 Å². The minimum atomic E-state index is -3.74. The highest BCUT2D eigenvalue weighted by molar-refractivity contribution is 7.89. The molecule has 1 aromatic rings. The molecule has 0 aliphatic rings. The van der Waals surface area contributed by atoms with E-state index in [-0.39, 0.29) is 17.4 Å². The summed E-state index contributed by atoms with van der Waals surface area (Å²) in [5, 5.41) is 10.2. The van der Waals surface area contributed by atoms with Crippen LogP contribution in [0.2, 0.25) is 0 Å². The van der Waals surface area contributed by atoms with E-state index in [9.17, 15) is 18.0 Å². The minimum absolute atomic E-state index is 0.00149. The van der Waals surface area contributed by atoms with Crippen molar-refractivity contribution in [1.29, 1.82) is 0 Å². The lowest BCUT2D eigenvalue weighted by Gasteiger charge is -2.18. The Morgan fingerprint density at radius 1 is 1.21 bits per heavy atom. The third-order valence-corrected chi connectivity index (χ3v) is 4.13. The monoisotopic (exact) mass is 357 g/mol. The summed E-state index contributed by atoms with van der Waals surface area (Å²) in [6.07, 6.45) is 0.461. The number of hydrogen-bond donors (Lipinski definition) is 3. The van der Waals surface area contributed by atoms with E-state index in [1.807, 2.05) is 13.8 Å². The molecule has 1 aromatic carbocycles. The molecule has 0 fully saturated rings. The summed E-state index contributed by atoms with van der Waals surface area (Å²) < 4.78 is 27.0. The van der Waals surface area contributed by atoms with E-state index in [1.54, 1.807) is 12.1 Å². The molecule has 0 heterocycles. The quantitative estimate of drug-likeness (QED) is 0.620. The maximum Gasteiger partial charge on any atom is 0.328 e. The molecule has 9 heteroatoms. The average molecular weight is 357 g/mol. The second-order valence-corrected chi connectivity index (χ2v) is 7.28. The van der Waals surface area contributed by atoms with Crippen LogP contribution in [0.4, 0.5) is 4.79 Å². The molecule has 0 aliphatic heterocycles. The molecule has 0 saturated heterocycles. The zero-order valence-electron chi connectivity index (χ0n) is 13.9. The number of urea groups is 1. The molecule has 2 amide bonds. The molecule has 4 N–H and O–H groups in total. The summed E-state index contributed by atoms with van der Waals surface area (Å²) >= 11 is 0. The van der Waals surface area contributed by atoms with Gasteiger partial charge in [0.25, 0.3) is 0 Å². The molecule has 8 nitrogen and oxygen atoms in total. The van der Waals surface area contributed by atoms with Gasteiger partial charge in [-0.3, -0.25) is 0 Å². The van der Waals surface area contributed by atoms with Crippen molar-refractivity contribution >= 4 is 22.0 Å². The molecule has 0 bridgehead atoms. The van der Waals surface area contributed by atoms with Gasteiger partial charge in [0.05, 0.1) is 12.0 Å². The fourth-order valence-electron chi connectivity index (χ4n) is 2.02. The van der Waals surface area contributed by atoms with Gasteiger partial charge in [0, 0.05) is 6.54 Å². The summed E-state index contributed by atoms with van der Waals surface area (Å²) in [6, 6.07) is 4.58. The number of hydrogen-bond acceptors (Lipinski definition) is 5. The highest BCUT2D eigenvalue weighted by atomic mass is 32.2. The summed E-state index contributed by atoms with van der Waals surface area (Å²) in [5.41, 5.74) is 0.691. The van der Waals surface area contributed by atoms with E-state index in [2.05, 4.69) is 15.4 Å². The summed E-state index contributed by atoms with van der Waals surface area (Å²) in [4.78, 5) is 23.6. The van der Waals surface area contributed by atoms with E-state index in [1.165, 1.54) is 19.2 Å². The Balaban J connectivity index is 2.60. The number of primary sulfonamides is 1. The third-order valence-electron chi connectivity index (χ3n) is 3.20. The molecule has 0 unspecified atom stereocenters. The first-order valence-corrected chi connectivity index (χ1v) is 8.92. The van der Waals surface area contributed by atoms with Gasteiger partial charge in [-0.25, -0.2) is 23.1 Å². The van der Waals surface area contributed by atoms with Gasteiger partial charge in [0.1, 0.15) is 6.04 Å². The standard InChI is InChI=1S/C15H23N3O5S/c1-10(2)8-13(14(19)23-3)18-15(20)17-9-11-4-6-12(7-5-11)24(16,21)22/h4-7,10,13H,8-9H2,1-3H3,(H2,16,21,22)(H2,17,18,20)/t13-/m0/s1. The Kier molecular flexibility index (Phi) is 7.18. The van der Waals surface area contributed by atoms with Crippen LogP contribution in [0, 0.1) is 5.92 Å². The maximum absolute atomic E-state index is 11.9. The van der Waals surface area contributed by atoms with E-state index in [0.29, 0.717) is 12.0 Å². The fraction of sp³-hybridized carbons (Fsp3) is 0.467. The van der Waals surface area contributed by atoms with Crippen molar-refractivity contribution in [2.45, 2.75) is 37.8 Å². The smallest absolute Gasteiger partial charge is 0.328 e. The van der Waals surface area contributed by atoms with Gasteiger partial charge in [-0.1, -0.05) is 26.0 Å². The highest BCUT2D eigenvalue weighted by Crippen LogP contribution is 2.09. The molecule has 0 aromatic heterocycles. The molecule has 0 radical (unpaired) electrons. The van der Waals surface area contributed by atoms with Gasteiger partial charge in [-0.05, 0) is 30.0 Å². The molecular formula is C15H23N3O5S. The predicted octanol–water partition coefficient (Wildman–Crippen LogP) is 0.721. The van der Waals surface area contributed by atoms with Crippen LogP contribution in [-0.2, 0) is 26.1 Å². The topological polar surface area (TPSA) is 128 Å². The number of amides is 2. The summed E-state index contributed by atoms with van der Waals surface area (Å²) in [7, 11) is -2.48. The summed E-state index contributed by atoms with van der Waals surface area (Å²) in [5.74, 6) is -0.295. The van der Waals surface area contributed by atoms with Gasteiger partial charge in [0.15, 0.2) is 0 Å². The van der Waals surface area contributed by atoms with Crippen LogP contribution in [0.1, 0.15) is 25.8 Å². The lowest BCUT2D eigenvalue weighted by molar-refractivity contribution is -0.143. The normalized spacial score (nSPS) is 12.5. The number of esters is 1. The Hall–Kier alpha value is -2.13. The van der Waals surface area contributed by atoms with Gasteiger partial charge in [-0.2, -0.15) is 0 Å². The van der Waals surface area contributed by atoms with Crippen LogP contribution < -0.4 is 15.8 Å². The first-order valence-electron chi connectivity index (χ1n) is 7.37. The Bertz CT molecular complexity index is 671. The minimum Gasteiger partial charge on any atom is -0.467 e. The average Bonchev–Trinajstić information content (AvgIpc) is 2.50. The molecule has 0 aliphatic carbocycles. The van der Waals surface area contributed by atoms with E-state index in [4.69, 9.17) is 5.14 Å². The van der Waals surface area contributed by atoms with Crippen molar-refractivity contribution in [3.8, 4) is 0 Å². The second-order valence-electron chi connectivity index (χ2n) is 5.72. The van der Waals surface area contributed by atoms with Crippen LogP contribution >= 0.6 is 0 Å². The number of carbonyl (C=O) groups is 2. The van der Waals surface area contributed by atoms with E-state index in [0.717, 1.165) is 0 Å².